The van der Waals surface area contributed by atoms with E-state index in [1.54, 1.807) is 22.7 Å². The Kier molecular flexibility index (Phi) is 6.74. The van der Waals surface area contributed by atoms with Gasteiger partial charge >= 0.3 is 0 Å². The van der Waals surface area contributed by atoms with E-state index in [0.717, 1.165) is 29.9 Å². The summed E-state index contributed by atoms with van der Waals surface area (Å²) in [7, 11) is 0. The highest BCUT2D eigenvalue weighted by atomic mass is 32.2. The fourth-order valence-corrected chi connectivity index (χ4v) is 6.42. The van der Waals surface area contributed by atoms with Crippen LogP contribution in [-0.4, -0.2) is 39.0 Å². The van der Waals surface area contributed by atoms with Gasteiger partial charge in [-0.2, -0.15) is 0 Å². The maximum Gasteiger partial charge on any atom is 0.227 e. The number of rotatable bonds is 7. The topological polar surface area (TPSA) is 89.2 Å². The highest BCUT2D eigenvalue weighted by Gasteiger charge is 2.33. The van der Waals surface area contributed by atoms with E-state index in [4.69, 9.17) is 5.73 Å². The van der Waals surface area contributed by atoms with Gasteiger partial charge < -0.3 is 10.6 Å². The summed E-state index contributed by atoms with van der Waals surface area (Å²) in [5.41, 5.74) is 9.17. The van der Waals surface area contributed by atoms with Gasteiger partial charge in [-0.15, -0.1) is 22.7 Å². The highest BCUT2D eigenvalue weighted by molar-refractivity contribution is 7.99. The molecule has 0 fully saturated rings. The van der Waals surface area contributed by atoms with Crippen LogP contribution in [-0.2, 0) is 22.4 Å². The molecule has 2 amide bonds. The van der Waals surface area contributed by atoms with Gasteiger partial charge in [-0.1, -0.05) is 17.8 Å². The molecule has 31 heavy (non-hydrogen) atoms. The summed E-state index contributed by atoms with van der Waals surface area (Å²) >= 11 is 4.72. The maximum atomic E-state index is 13.3. The zero-order chi connectivity index (χ0) is 22.0. The SMILES string of the molecule is Cc1nc(SCC(N)=O)nc(C)c1CCC(=O)N1CCc2sccc2[C@@H]1c1cccs1. The second-order valence-corrected chi connectivity index (χ2v) is 10.4. The Labute approximate surface area is 193 Å². The summed E-state index contributed by atoms with van der Waals surface area (Å²) in [6, 6.07) is 6.33. The second-order valence-electron chi connectivity index (χ2n) is 7.46. The van der Waals surface area contributed by atoms with Crippen LogP contribution in [0.15, 0.2) is 34.1 Å². The summed E-state index contributed by atoms with van der Waals surface area (Å²) in [4.78, 5) is 37.9. The first-order chi connectivity index (χ1) is 14.9. The highest BCUT2D eigenvalue weighted by Crippen LogP contribution is 2.39. The van der Waals surface area contributed by atoms with Crippen molar-refractivity contribution < 1.29 is 9.59 Å². The average molecular weight is 473 g/mol. The molecule has 162 valence electrons. The molecular weight excluding hydrogens is 448 g/mol. The van der Waals surface area contributed by atoms with Crippen LogP contribution in [0.1, 0.15) is 44.7 Å². The first-order valence-electron chi connectivity index (χ1n) is 10.1. The largest absolute Gasteiger partial charge is 0.369 e. The number of fused-ring (bicyclic) bond motifs is 1. The molecule has 2 N–H and O–H groups in total. The van der Waals surface area contributed by atoms with Crippen molar-refractivity contribution in [2.45, 2.75) is 44.3 Å². The molecule has 4 heterocycles. The van der Waals surface area contributed by atoms with Crippen molar-refractivity contribution >= 4 is 46.2 Å². The third-order valence-corrected chi connectivity index (χ3v) is 8.22. The summed E-state index contributed by atoms with van der Waals surface area (Å²) in [5, 5.41) is 4.74. The van der Waals surface area contributed by atoms with E-state index in [9.17, 15) is 9.59 Å². The number of nitrogens with two attached hydrogens (primary N) is 1. The molecule has 1 aliphatic rings. The smallest absolute Gasteiger partial charge is 0.227 e. The molecule has 1 aliphatic heterocycles. The molecule has 0 aliphatic carbocycles. The van der Waals surface area contributed by atoms with E-state index in [0.29, 0.717) is 18.0 Å². The van der Waals surface area contributed by atoms with Crippen molar-refractivity contribution in [2.75, 3.05) is 12.3 Å². The van der Waals surface area contributed by atoms with Gasteiger partial charge in [0, 0.05) is 34.1 Å². The molecule has 0 unspecified atom stereocenters. The number of aryl methyl sites for hydroxylation is 2. The predicted molar refractivity (Wildman–Crippen MR) is 126 cm³/mol. The number of carbonyl (C=O) groups excluding carboxylic acids is 2. The molecule has 0 saturated carbocycles. The Bertz CT molecular complexity index is 1070. The number of thiophene rings is 2. The van der Waals surface area contributed by atoms with Gasteiger partial charge in [0.25, 0.3) is 0 Å². The predicted octanol–water partition coefficient (Wildman–Crippen LogP) is 3.90. The van der Waals surface area contributed by atoms with Crippen LogP contribution >= 0.6 is 34.4 Å². The molecule has 0 bridgehead atoms. The number of hydrogen-bond acceptors (Lipinski definition) is 7. The molecule has 3 aromatic rings. The molecular formula is C22H24N4O2S3. The van der Waals surface area contributed by atoms with Crippen molar-refractivity contribution in [2.24, 2.45) is 5.73 Å². The molecule has 0 aromatic carbocycles. The number of hydrogen-bond donors (Lipinski definition) is 1. The van der Waals surface area contributed by atoms with Gasteiger partial charge in [-0.05, 0) is 60.7 Å². The fraction of sp³-hybridized carbons (Fsp3) is 0.364. The molecule has 3 aromatic heterocycles. The quantitative estimate of drug-likeness (QED) is 0.416. The van der Waals surface area contributed by atoms with Crippen LogP contribution in [0.2, 0.25) is 0 Å². The minimum Gasteiger partial charge on any atom is -0.369 e. The average Bonchev–Trinajstić information content (AvgIpc) is 3.42. The van der Waals surface area contributed by atoms with Crippen LogP contribution < -0.4 is 5.73 Å². The van der Waals surface area contributed by atoms with Gasteiger partial charge in [0.05, 0.1) is 11.8 Å². The molecule has 4 rings (SSSR count). The van der Waals surface area contributed by atoms with E-state index in [-0.39, 0.29) is 17.7 Å². The zero-order valence-electron chi connectivity index (χ0n) is 17.5. The van der Waals surface area contributed by atoms with Gasteiger partial charge in [0.2, 0.25) is 11.8 Å². The summed E-state index contributed by atoms with van der Waals surface area (Å²) in [6.45, 7) is 4.59. The van der Waals surface area contributed by atoms with Crippen LogP contribution in [0.3, 0.4) is 0 Å². The van der Waals surface area contributed by atoms with Gasteiger partial charge in [0.1, 0.15) is 0 Å². The first kappa shape index (κ1) is 22.0. The first-order valence-corrected chi connectivity index (χ1v) is 12.8. The number of carbonyl (C=O) groups is 2. The summed E-state index contributed by atoms with van der Waals surface area (Å²) in [5.74, 6) is -0.0872. The molecule has 9 heteroatoms. The van der Waals surface area contributed by atoms with Crippen molar-refractivity contribution in [3.05, 3.63) is 61.2 Å². The number of aromatic nitrogens is 2. The minimum atomic E-state index is -0.394. The zero-order valence-corrected chi connectivity index (χ0v) is 19.9. The van der Waals surface area contributed by atoms with E-state index < -0.39 is 5.91 Å². The molecule has 0 radical (unpaired) electrons. The Hall–Kier alpha value is -2.23. The third kappa shape index (κ3) is 4.83. The standard InChI is InChI=1S/C22H24N4O2S3/c1-13-15(14(2)25-22(24-13)31-12-19(23)27)5-6-20(28)26-9-7-17-16(8-11-30-17)21(26)18-4-3-10-29-18/h3-4,8,10-11,21H,5-7,9,12H2,1-2H3,(H2,23,27)/t21-/m1/s1. The van der Waals surface area contributed by atoms with E-state index in [1.807, 2.05) is 24.8 Å². The van der Waals surface area contributed by atoms with Crippen LogP contribution in [0, 0.1) is 13.8 Å². The number of nitrogens with zero attached hydrogens (tertiary/aromatic N) is 3. The summed E-state index contributed by atoms with van der Waals surface area (Å²) < 4.78 is 0. The van der Waals surface area contributed by atoms with E-state index >= 15 is 0 Å². The van der Waals surface area contributed by atoms with Crippen LogP contribution in [0.4, 0.5) is 0 Å². The lowest BCUT2D eigenvalue weighted by molar-refractivity contribution is -0.133. The molecule has 0 spiro atoms. The Balaban J connectivity index is 1.49. The van der Waals surface area contributed by atoms with Crippen LogP contribution in [0.25, 0.3) is 0 Å². The van der Waals surface area contributed by atoms with Crippen molar-refractivity contribution in [1.82, 2.24) is 14.9 Å². The van der Waals surface area contributed by atoms with Crippen molar-refractivity contribution in [1.29, 1.82) is 0 Å². The molecule has 0 saturated heterocycles. The second kappa shape index (κ2) is 9.50. The Morgan fingerprint density at radius 3 is 2.65 bits per heavy atom. The monoisotopic (exact) mass is 472 g/mol. The normalized spacial score (nSPS) is 15.7. The van der Waals surface area contributed by atoms with Gasteiger partial charge in [0.15, 0.2) is 5.16 Å². The van der Waals surface area contributed by atoms with Crippen molar-refractivity contribution in [3.8, 4) is 0 Å². The van der Waals surface area contributed by atoms with Crippen molar-refractivity contribution in [3.63, 3.8) is 0 Å². The lowest BCUT2D eigenvalue weighted by atomic mass is 9.97. The Morgan fingerprint density at radius 2 is 1.97 bits per heavy atom. The van der Waals surface area contributed by atoms with Gasteiger partial charge in [-0.25, -0.2) is 9.97 Å². The lowest BCUT2D eigenvalue weighted by Crippen LogP contribution is -2.39. The maximum absolute atomic E-state index is 13.3. The molecule has 6 nitrogen and oxygen atoms in total. The molecule has 1 atom stereocenters. The third-order valence-electron chi connectivity index (χ3n) is 5.43. The fourth-order valence-electron chi connectivity index (χ4n) is 3.98. The minimum absolute atomic E-state index is 0.00789. The van der Waals surface area contributed by atoms with Crippen LogP contribution in [0.5, 0.6) is 0 Å². The number of primary amides is 1. The van der Waals surface area contributed by atoms with E-state index in [2.05, 4.69) is 32.9 Å². The lowest BCUT2D eigenvalue weighted by Gasteiger charge is -2.35. The Morgan fingerprint density at radius 1 is 1.19 bits per heavy atom. The number of amides is 2. The summed E-state index contributed by atoms with van der Waals surface area (Å²) in [6.07, 6.45) is 1.93. The van der Waals surface area contributed by atoms with E-state index in [1.165, 1.54) is 27.1 Å². The number of thioether (sulfide) groups is 1. The van der Waals surface area contributed by atoms with Gasteiger partial charge in [-0.3, -0.25) is 9.59 Å².